The molecule has 0 N–H and O–H groups in total. The van der Waals surface area contributed by atoms with Crippen molar-refractivity contribution in [3.63, 3.8) is 0 Å². The zero-order valence-electron chi connectivity index (χ0n) is 17.4. The first kappa shape index (κ1) is 21.3. The Hall–Kier alpha value is -2.55. The van der Waals surface area contributed by atoms with E-state index in [-0.39, 0.29) is 22.9 Å². The second-order valence-electron chi connectivity index (χ2n) is 8.07. The van der Waals surface area contributed by atoms with E-state index in [2.05, 4.69) is 20.8 Å². The van der Waals surface area contributed by atoms with E-state index in [0.717, 1.165) is 30.5 Å². The van der Waals surface area contributed by atoms with Crippen molar-refractivity contribution in [2.24, 2.45) is 0 Å². The third-order valence-corrected chi connectivity index (χ3v) is 6.58. The quantitative estimate of drug-likeness (QED) is 0.530. The van der Waals surface area contributed by atoms with Crippen LogP contribution in [0.5, 0.6) is 0 Å². The lowest BCUT2D eigenvalue weighted by Gasteiger charge is -2.29. The molecule has 32 heavy (non-hydrogen) atoms. The molecule has 0 bridgehead atoms. The third kappa shape index (κ3) is 3.87. The molecular weight excluding hydrogens is 479 g/mol. The van der Waals surface area contributed by atoms with Crippen LogP contribution in [0.3, 0.4) is 0 Å². The molecule has 0 spiro atoms. The highest BCUT2D eigenvalue weighted by Crippen LogP contribution is 2.38. The van der Waals surface area contributed by atoms with Crippen molar-refractivity contribution in [1.29, 1.82) is 0 Å². The average molecular weight is 501 g/mol. The highest BCUT2D eigenvalue weighted by molar-refractivity contribution is 9.10. The molecule has 5 rings (SSSR count). The summed E-state index contributed by atoms with van der Waals surface area (Å²) in [5, 5.41) is 0.410. The second kappa shape index (κ2) is 8.77. The van der Waals surface area contributed by atoms with Crippen LogP contribution in [0, 0.1) is 5.82 Å². The van der Waals surface area contributed by atoms with Gasteiger partial charge in [-0.1, -0.05) is 28.1 Å². The smallest absolute Gasteiger partial charge is 0.290 e. The number of nitrogens with zero attached hydrogens (tertiary/aromatic N) is 2. The maximum Gasteiger partial charge on any atom is 0.290 e. The van der Waals surface area contributed by atoms with Gasteiger partial charge in [0.15, 0.2) is 5.43 Å². The summed E-state index contributed by atoms with van der Waals surface area (Å²) in [6, 6.07) is 10.5. The van der Waals surface area contributed by atoms with E-state index in [1.54, 1.807) is 35.2 Å². The minimum atomic E-state index is -0.609. The molecule has 6 nitrogen and oxygen atoms in total. The number of hydrogen-bond donors (Lipinski definition) is 0. The van der Waals surface area contributed by atoms with E-state index >= 15 is 0 Å². The summed E-state index contributed by atoms with van der Waals surface area (Å²) in [4.78, 5) is 30.8. The van der Waals surface area contributed by atoms with Gasteiger partial charge in [0.1, 0.15) is 11.4 Å². The van der Waals surface area contributed by atoms with Crippen molar-refractivity contribution in [3.05, 3.63) is 79.9 Å². The number of carbonyl (C=O) groups is 1. The summed E-state index contributed by atoms with van der Waals surface area (Å²) in [6.45, 7) is 4.46. The van der Waals surface area contributed by atoms with E-state index < -0.39 is 6.04 Å². The van der Waals surface area contributed by atoms with Crippen LogP contribution in [-0.4, -0.2) is 55.1 Å². The Bertz CT molecular complexity index is 1220. The number of rotatable bonds is 5. The molecule has 8 heteroatoms. The van der Waals surface area contributed by atoms with Gasteiger partial charge in [-0.25, -0.2) is 4.39 Å². The summed E-state index contributed by atoms with van der Waals surface area (Å²) in [7, 11) is 0. The number of ether oxygens (including phenoxy) is 1. The highest BCUT2D eigenvalue weighted by atomic mass is 79.9. The molecular formula is C24H22BrFN2O4. The molecule has 0 aliphatic carbocycles. The Morgan fingerprint density at radius 2 is 1.78 bits per heavy atom. The fourth-order valence-corrected chi connectivity index (χ4v) is 4.87. The molecule has 2 aromatic carbocycles. The van der Waals surface area contributed by atoms with E-state index in [4.69, 9.17) is 9.15 Å². The van der Waals surface area contributed by atoms with Crippen LogP contribution in [0.1, 0.15) is 34.1 Å². The lowest BCUT2D eigenvalue weighted by atomic mass is 9.98. The number of hydrogen-bond acceptors (Lipinski definition) is 5. The Kier molecular flexibility index (Phi) is 5.84. The summed E-state index contributed by atoms with van der Waals surface area (Å²) in [5.41, 5.74) is 1.14. The number of morpholine rings is 1. The van der Waals surface area contributed by atoms with Crippen molar-refractivity contribution in [1.82, 2.24) is 9.80 Å². The first-order chi connectivity index (χ1) is 15.5. The van der Waals surface area contributed by atoms with Crippen LogP contribution >= 0.6 is 15.9 Å². The van der Waals surface area contributed by atoms with Gasteiger partial charge in [-0.2, -0.15) is 0 Å². The average Bonchev–Trinajstić information content (AvgIpc) is 3.08. The SMILES string of the molecule is O=C1c2oc3ccc(Br)cc3c(=O)c2[C@H](c2ccc(F)cc2)N1CCCN1CCOCC1. The van der Waals surface area contributed by atoms with Crippen LogP contribution in [0.2, 0.25) is 0 Å². The van der Waals surface area contributed by atoms with E-state index in [1.165, 1.54) is 12.1 Å². The molecule has 3 aromatic rings. The monoisotopic (exact) mass is 500 g/mol. The molecule has 1 amide bonds. The molecule has 2 aliphatic heterocycles. The van der Waals surface area contributed by atoms with Crippen LogP contribution in [-0.2, 0) is 4.74 Å². The minimum absolute atomic E-state index is 0.0746. The third-order valence-electron chi connectivity index (χ3n) is 6.09. The molecule has 166 valence electrons. The molecule has 1 fully saturated rings. The molecule has 0 unspecified atom stereocenters. The van der Waals surface area contributed by atoms with Gasteiger partial charge < -0.3 is 14.1 Å². The first-order valence-electron chi connectivity index (χ1n) is 10.7. The maximum absolute atomic E-state index is 13.6. The van der Waals surface area contributed by atoms with Crippen molar-refractivity contribution in [2.45, 2.75) is 12.5 Å². The van der Waals surface area contributed by atoms with Crippen LogP contribution in [0.4, 0.5) is 4.39 Å². The summed E-state index contributed by atoms with van der Waals surface area (Å²) < 4.78 is 25.7. The number of amides is 1. The van der Waals surface area contributed by atoms with Gasteiger partial charge in [-0.3, -0.25) is 14.5 Å². The van der Waals surface area contributed by atoms with Gasteiger partial charge in [0.2, 0.25) is 5.76 Å². The fourth-order valence-electron chi connectivity index (χ4n) is 4.50. The number of fused-ring (bicyclic) bond motifs is 2. The molecule has 1 saturated heterocycles. The summed E-state index contributed by atoms with van der Waals surface area (Å²) >= 11 is 3.40. The van der Waals surface area contributed by atoms with Crippen molar-refractivity contribution < 1.29 is 18.3 Å². The van der Waals surface area contributed by atoms with Gasteiger partial charge in [0.05, 0.1) is 30.2 Å². The van der Waals surface area contributed by atoms with Gasteiger partial charge >= 0.3 is 0 Å². The molecule has 2 aliphatic rings. The van der Waals surface area contributed by atoms with Gasteiger partial charge in [0.25, 0.3) is 5.91 Å². The predicted molar refractivity (Wildman–Crippen MR) is 121 cm³/mol. The molecule has 0 saturated carbocycles. The fraction of sp³-hybridized carbons (Fsp3) is 0.333. The second-order valence-corrected chi connectivity index (χ2v) is 8.99. The Morgan fingerprint density at radius 3 is 2.53 bits per heavy atom. The number of benzene rings is 2. The Balaban J connectivity index is 1.53. The minimum Gasteiger partial charge on any atom is -0.450 e. The van der Waals surface area contributed by atoms with Gasteiger partial charge in [-0.15, -0.1) is 0 Å². The van der Waals surface area contributed by atoms with E-state index in [9.17, 15) is 14.0 Å². The predicted octanol–water partition coefficient (Wildman–Crippen LogP) is 3.96. The number of carbonyl (C=O) groups excluding carboxylic acids is 1. The zero-order chi connectivity index (χ0) is 22.2. The van der Waals surface area contributed by atoms with E-state index in [1.807, 2.05) is 0 Å². The molecule has 3 heterocycles. The van der Waals surface area contributed by atoms with E-state index in [0.29, 0.717) is 41.9 Å². The standard InChI is InChI=1S/C24H22BrFN2O4/c25-16-4-7-19-18(14-16)22(29)20-21(15-2-5-17(26)6-3-15)28(24(30)23(20)32-19)9-1-8-27-10-12-31-13-11-27/h2-7,14,21H,1,8-13H2/t21-/m0/s1. The van der Waals surface area contributed by atoms with Crippen molar-refractivity contribution in [3.8, 4) is 0 Å². The Morgan fingerprint density at radius 1 is 1.03 bits per heavy atom. The van der Waals surface area contributed by atoms with Crippen LogP contribution < -0.4 is 5.43 Å². The highest BCUT2D eigenvalue weighted by Gasteiger charge is 2.42. The number of halogens is 2. The van der Waals surface area contributed by atoms with Crippen LogP contribution in [0.15, 0.2) is 56.1 Å². The lowest BCUT2D eigenvalue weighted by molar-refractivity contribution is 0.0353. The topological polar surface area (TPSA) is 63.0 Å². The van der Waals surface area contributed by atoms with Crippen molar-refractivity contribution >= 4 is 32.8 Å². The summed E-state index contributed by atoms with van der Waals surface area (Å²) in [6.07, 6.45) is 0.747. The molecule has 1 aromatic heterocycles. The van der Waals surface area contributed by atoms with Crippen LogP contribution in [0.25, 0.3) is 11.0 Å². The van der Waals surface area contributed by atoms with Gasteiger partial charge in [-0.05, 0) is 42.3 Å². The lowest BCUT2D eigenvalue weighted by Crippen LogP contribution is -2.38. The Labute approximate surface area is 192 Å². The molecule has 1 atom stereocenters. The van der Waals surface area contributed by atoms with Gasteiger partial charge in [0, 0.05) is 30.7 Å². The summed E-state index contributed by atoms with van der Waals surface area (Å²) in [5.74, 6) is -0.601. The zero-order valence-corrected chi connectivity index (χ0v) is 18.9. The molecule has 0 radical (unpaired) electrons. The first-order valence-corrected chi connectivity index (χ1v) is 11.4. The maximum atomic E-state index is 13.6. The largest absolute Gasteiger partial charge is 0.450 e. The van der Waals surface area contributed by atoms with Crippen molar-refractivity contribution in [2.75, 3.05) is 39.4 Å². The normalized spacial score (nSPS) is 19.0.